The number of ether oxygens (including phenoxy) is 1. The van der Waals surface area contributed by atoms with Crippen molar-refractivity contribution in [1.82, 2.24) is 0 Å². The monoisotopic (exact) mass is 264 g/mol. The summed E-state index contributed by atoms with van der Waals surface area (Å²) in [5, 5.41) is 2.93. The number of benzene rings is 1. The number of anilines is 1. The molecule has 1 atom stereocenters. The molecule has 4 heteroatoms. The second-order valence-electron chi connectivity index (χ2n) is 4.96. The van der Waals surface area contributed by atoms with Gasteiger partial charge in [0.2, 0.25) is 5.91 Å². The van der Waals surface area contributed by atoms with Crippen LogP contribution in [0.3, 0.4) is 0 Å². The van der Waals surface area contributed by atoms with Crippen molar-refractivity contribution in [3.05, 3.63) is 23.8 Å². The lowest BCUT2D eigenvalue weighted by atomic mass is 9.95. The number of nitrogens with two attached hydrogens (primary N) is 1. The number of methoxy groups -OCH3 is 1. The second kappa shape index (κ2) is 7.14. The Kier molecular flexibility index (Phi) is 5.83. The van der Waals surface area contributed by atoms with Gasteiger partial charge in [-0.1, -0.05) is 20.8 Å². The van der Waals surface area contributed by atoms with Crippen LogP contribution in [-0.4, -0.2) is 19.6 Å². The molecule has 0 saturated carbocycles. The fourth-order valence-corrected chi connectivity index (χ4v) is 2.05. The van der Waals surface area contributed by atoms with Crippen LogP contribution in [0.1, 0.15) is 26.3 Å². The Labute approximate surface area is 115 Å². The maximum Gasteiger partial charge on any atom is 0.229 e. The lowest BCUT2D eigenvalue weighted by Gasteiger charge is -2.18. The lowest BCUT2D eigenvalue weighted by molar-refractivity contribution is -0.120. The van der Waals surface area contributed by atoms with E-state index in [0.717, 1.165) is 23.4 Å². The molecule has 4 nitrogen and oxygen atoms in total. The van der Waals surface area contributed by atoms with Crippen LogP contribution in [0.4, 0.5) is 5.69 Å². The summed E-state index contributed by atoms with van der Waals surface area (Å²) >= 11 is 0. The van der Waals surface area contributed by atoms with Crippen molar-refractivity contribution in [2.45, 2.75) is 27.2 Å². The summed E-state index contributed by atoms with van der Waals surface area (Å²) in [4.78, 5) is 12.1. The second-order valence-corrected chi connectivity index (χ2v) is 4.96. The minimum atomic E-state index is -0.160. The van der Waals surface area contributed by atoms with E-state index < -0.39 is 0 Å². The van der Waals surface area contributed by atoms with Crippen molar-refractivity contribution in [2.24, 2.45) is 17.6 Å². The third-order valence-electron chi connectivity index (χ3n) is 3.32. The van der Waals surface area contributed by atoms with Crippen molar-refractivity contribution in [3.8, 4) is 5.75 Å². The van der Waals surface area contributed by atoms with E-state index in [0.29, 0.717) is 6.54 Å². The van der Waals surface area contributed by atoms with Crippen LogP contribution in [0.2, 0.25) is 0 Å². The average molecular weight is 264 g/mol. The van der Waals surface area contributed by atoms with Crippen LogP contribution in [0.25, 0.3) is 0 Å². The number of carbonyl (C=O) groups excluding carboxylic acids is 1. The quantitative estimate of drug-likeness (QED) is 0.829. The Balaban J connectivity index is 2.85. The Bertz CT molecular complexity index is 430. The molecular weight excluding hydrogens is 240 g/mol. The van der Waals surface area contributed by atoms with Gasteiger partial charge in [0.15, 0.2) is 0 Å². The number of rotatable bonds is 6. The van der Waals surface area contributed by atoms with Gasteiger partial charge in [-0.2, -0.15) is 0 Å². The first kappa shape index (κ1) is 15.5. The van der Waals surface area contributed by atoms with Crippen LogP contribution in [-0.2, 0) is 11.2 Å². The van der Waals surface area contributed by atoms with Gasteiger partial charge in [-0.05, 0) is 36.1 Å². The Morgan fingerprint density at radius 1 is 1.42 bits per heavy atom. The van der Waals surface area contributed by atoms with Gasteiger partial charge < -0.3 is 15.8 Å². The molecule has 0 saturated heterocycles. The van der Waals surface area contributed by atoms with E-state index >= 15 is 0 Å². The van der Waals surface area contributed by atoms with E-state index in [1.54, 1.807) is 7.11 Å². The highest BCUT2D eigenvalue weighted by molar-refractivity contribution is 5.93. The van der Waals surface area contributed by atoms with Crippen LogP contribution < -0.4 is 15.8 Å². The summed E-state index contributed by atoms with van der Waals surface area (Å²) in [7, 11) is 1.65. The predicted molar refractivity (Wildman–Crippen MR) is 78.4 cm³/mol. The summed E-state index contributed by atoms with van der Waals surface area (Å²) in [6, 6.07) is 5.68. The Morgan fingerprint density at radius 3 is 2.58 bits per heavy atom. The van der Waals surface area contributed by atoms with Crippen LogP contribution >= 0.6 is 0 Å². The van der Waals surface area contributed by atoms with Crippen molar-refractivity contribution in [2.75, 3.05) is 19.0 Å². The SMILES string of the molecule is CCc1cc(NC(=O)C(CN)C(C)C)ccc1OC. The zero-order chi connectivity index (χ0) is 14.4. The molecular formula is C15H24N2O2. The van der Waals surface area contributed by atoms with Gasteiger partial charge in [-0.15, -0.1) is 0 Å². The lowest BCUT2D eigenvalue weighted by Crippen LogP contribution is -2.33. The van der Waals surface area contributed by atoms with Crippen molar-refractivity contribution in [1.29, 1.82) is 0 Å². The van der Waals surface area contributed by atoms with Crippen LogP contribution in [0.15, 0.2) is 18.2 Å². The van der Waals surface area contributed by atoms with Gasteiger partial charge in [-0.3, -0.25) is 4.79 Å². The number of aryl methyl sites for hydroxylation is 1. The van der Waals surface area contributed by atoms with E-state index in [9.17, 15) is 4.79 Å². The molecule has 0 aliphatic heterocycles. The van der Waals surface area contributed by atoms with Gasteiger partial charge in [0.25, 0.3) is 0 Å². The molecule has 1 unspecified atom stereocenters. The fraction of sp³-hybridized carbons (Fsp3) is 0.533. The third kappa shape index (κ3) is 3.96. The van der Waals surface area contributed by atoms with E-state index in [2.05, 4.69) is 12.2 Å². The maximum absolute atomic E-state index is 12.1. The summed E-state index contributed by atoms with van der Waals surface area (Å²) in [5.41, 5.74) is 7.52. The van der Waals surface area contributed by atoms with Crippen molar-refractivity contribution < 1.29 is 9.53 Å². The number of hydrogen-bond acceptors (Lipinski definition) is 3. The molecule has 0 fully saturated rings. The molecule has 3 N–H and O–H groups in total. The molecule has 1 rings (SSSR count). The molecule has 0 radical (unpaired) electrons. The Morgan fingerprint density at radius 2 is 2.11 bits per heavy atom. The van der Waals surface area contributed by atoms with Crippen molar-refractivity contribution in [3.63, 3.8) is 0 Å². The molecule has 106 valence electrons. The number of hydrogen-bond donors (Lipinski definition) is 2. The van der Waals surface area contributed by atoms with Gasteiger partial charge in [0.1, 0.15) is 5.75 Å². The van der Waals surface area contributed by atoms with Crippen LogP contribution in [0.5, 0.6) is 5.75 Å². The summed E-state index contributed by atoms with van der Waals surface area (Å²) in [5.74, 6) is 0.894. The number of nitrogens with one attached hydrogen (secondary N) is 1. The topological polar surface area (TPSA) is 64.4 Å². The zero-order valence-corrected chi connectivity index (χ0v) is 12.2. The highest BCUT2D eigenvalue weighted by Gasteiger charge is 2.20. The van der Waals surface area contributed by atoms with Crippen molar-refractivity contribution >= 4 is 11.6 Å². The molecule has 19 heavy (non-hydrogen) atoms. The van der Waals surface area contributed by atoms with E-state index in [1.807, 2.05) is 32.0 Å². The first-order chi connectivity index (χ1) is 9.03. The minimum Gasteiger partial charge on any atom is -0.496 e. The first-order valence-corrected chi connectivity index (χ1v) is 6.71. The van der Waals surface area contributed by atoms with E-state index in [1.165, 1.54) is 0 Å². The molecule has 1 amide bonds. The van der Waals surface area contributed by atoms with Crippen LogP contribution in [0, 0.1) is 11.8 Å². The maximum atomic E-state index is 12.1. The largest absolute Gasteiger partial charge is 0.496 e. The molecule has 0 spiro atoms. The van der Waals surface area contributed by atoms with E-state index in [-0.39, 0.29) is 17.7 Å². The predicted octanol–water partition coefficient (Wildman–Crippen LogP) is 2.43. The van der Waals surface area contributed by atoms with E-state index in [4.69, 9.17) is 10.5 Å². The molecule has 0 aliphatic rings. The first-order valence-electron chi connectivity index (χ1n) is 6.71. The average Bonchev–Trinajstić information content (AvgIpc) is 2.38. The standard InChI is InChI=1S/C15H24N2O2/c1-5-11-8-12(6-7-14(11)19-4)17-15(18)13(9-16)10(2)3/h6-8,10,13H,5,9,16H2,1-4H3,(H,17,18). The summed E-state index contributed by atoms with van der Waals surface area (Å²) in [6.45, 7) is 6.42. The minimum absolute atomic E-state index is 0.0234. The summed E-state index contributed by atoms with van der Waals surface area (Å²) in [6.07, 6.45) is 0.859. The number of amides is 1. The van der Waals surface area contributed by atoms with Gasteiger partial charge >= 0.3 is 0 Å². The third-order valence-corrected chi connectivity index (χ3v) is 3.32. The molecule has 0 bridgehead atoms. The molecule has 0 aromatic heterocycles. The molecule has 1 aromatic rings. The number of carbonyl (C=O) groups is 1. The van der Waals surface area contributed by atoms with Gasteiger partial charge in [-0.25, -0.2) is 0 Å². The zero-order valence-electron chi connectivity index (χ0n) is 12.2. The smallest absolute Gasteiger partial charge is 0.229 e. The Hall–Kier alpha value is -1.55. The molecule has 0 aliphatic carbocycles. The van der Waals surface area contributed by atoms with Gasteiger partial charge in [0.05, 0.1) is 13.0 Å². The highest BCUT2D eigenvalue weighted by Crippen LogP contribution is 2.23. The summed E-state index contributed by atoms with van der Waals surface area (Å²) < 4.78 is 5.27. The molecule has 1 aromatic carbocycles. The highest BCUT2D eigenvalue weighted by atomic mass is 16.5. The normalized spacial score (nSPS) is 12.3. The fourth-order valence-electron chi connectivity index (χ4n) is 2.05. The van der Waals surface area contributed by atoms with Gasteiger partial charge in [0, 0.05) is 12.2 Å². The molecule has 0 heterocycles.